The average Bonchev–Trinajstić information content (AvgIpc) is 2.48. The van der Waals surface area contributed by atoms with Crippen LogP contribution in [0.3, 0.4) is 0 Å². The van der Waals surface area contributed by atoms with E-state index in [0.717, 1.165) is 43.2 Å². The third-order valence-corrected chi connectivity index (χ3v) is 4.52. The van der Waals surface area contributed by atoms with E-state index in [2.05, 4.69) is 10.2 Å². The Balaban J connectivity index is 0.00000242. The molecule has 0 spiro atoms. The van der Waals surface area contributed by atoms with Crippen molar-refractivity contribution in [1.82, 2.24) is 10.2 Å². The first-order valence-electron chi connectivity index (χ1n) is 7.71. The molecule has 0 bridgehead atoms. The van der Waals surface area contributed by atoms with E-state index in [1.54, 1.807) is 12.1 Å². The summed E-state index contributed by atoms with van der Waals surface area (Å²) in [6, 6.07) is 5.39. The molecule has 0 aromatic heterocycles. The second-order valence-electron chi connectivity index (χ2n) is 5.93. The molecule has 1 heterocycles. The summed E-state index contributed by atoms with van der Waals surface area (Å²) in [5.41, 5.74) is 2.12. The zero-order valence-corrected chi connectivity index (χ0v) is 14.2. The molecule has 0 radical (unpaired) electrons. The van der Waals surface area contributed by atoms with Crippen LogP contribution in [0, 0.1) is 23.0 Å². The van der Waals surface area contributed by atoms with Gasteiger partial charge in [0, 0.05) is 18.2 Å². The van der Waals surface area contributed by atoms with Crippen molar-refractivity contribution in [3.63, 3.8) is 0 Å². The molecule has 5 nitrogen and oxygen atoms in total. The van der Waals surface area contributed by atoms with E-state index in [-0.39, 0.29) is 23.0 Å². The summed E-state index contributed by atoms with van der Waals surface area (Å²) in [5.74, 6) is 0.819. The molecule has 1 N–H and O–H groups in total. The molecular formula is C16H26ClN3O2. The van der Waals surface area contributed by atoms with Crippen LogP contribution in [0.4, 0.5) is 5.69 Å². The predicted molar refractivity (Wildman–Crippen MR) is 91.6 cm³/mol. The molecule has 0 unspecified atom stereocenters. The van der Waals surface area contributed by atoms with Crippen LogP contribution in [0.25, 0.3) is 0 Å². The number of rotatable bonds is 6. The molecule has 0 amide bonds. The summed E-state index contributed by atoms with van der Waals surface area (Å²) >= 11 is 0. The van der Waals surface area contributed by atoms with Crippen LogP contribution in [-0.2, 0) is 6.54 Å². The van der Waals surface area contributed by atoms with Gasteiger partial charge in [0.05, 0.1) is 4.92 Å². The predicted octanol–water partition coefficient (Wildman–Crippen LogP) is 3.15. The van der Waals surface area contributed by atoms with Gasteiger partial charge in [0.1, 0.15) is 0 Å². The number of likely N-dealkylation sites (tertiary alicyclic amines) is 1. The SMILES string of the molecule is CNCCC1CCN(Cc2cccc([N+](=O)[O-])c2C)CC1.Cl. The third kappa shape index (κ3) is 4.93. The zero-order valence-electron chi connectivity index (χ0n) is 13.4. The molecule has 22 heavy (non-hydrogen) atoms. The van der Waals surface area contributed by atoms with E-state index in [4.69, 9.17) is 0 Å². The van der Waals surface area contributed by atoms with Gasteiger partial charge in [-0.2, -0.15) is 0 Å². The van der Waals surface area contributed by atoms with Gasteiger partial charge in [0.15, 0.2) is 0 Å². The van der Waals surface area contributed by atoms with E-state index >= 15 is 0 Å². The lowest BCUT2D eigenvalue weighted by Gasteiger charge is -2.32. The van der Waals surface area contributed by atoms with Crippen molar-refractivity contribution in [3.8, 4) is 0 Å². The van der Waals surface area contributed by atoms with Gasteiger partial charge in [-0.15, -0.1) is 12.4 Å². The normalized spacial score (nSPS) is 16.3. The van der Waals surface area contributed by atoms with Crippen molar-refractivity contribution in [3.05, 3.63) is 39.4 Å². The minimum Gasteiger partial charge on any atom is -0.320 e. The molecule has 0 aliphatic carbocycles. The molecule has 1 saturated heterocycles. The number of nitrogens with zero attached hydrogens (tertiary/aromatic N) is 2. The number of nitro groups is 1. The molecule has 6 heteroatoms. The molecule has 0 atom stereocenters. The van der Waals surface area contributed by atoms with Crippen molar-refractivity contribution in [2.75, 3.05) is 26.7 Å². The van der Waals surface area contributed by atoms with E-state index in [0.29, 0.717) is 0 Å². The van der Waals surface area contributed by atoms with Crippen molar-refractivity contribution in [1.29, 1.82) is 0 Å². The van der Waals surface area contributed by atoms with E-state index < -0.39 is 0 Å². The third-order valence-electron chi connectivity index (χ3n) is 4.52. The summed E-state index contributed by atoms with van der Waals surface area (Å²) in [5, 5.41) is 14.2. The number of nitro benzene ring substituents is 1. The van der Waals surface area contributed by atoms with Gasteiger partial charge >= 0.3 is 0 Å². The monoisotopic (exact) mass is 327 g/mol. The highest BCUT2D eigenvalue weighted by molar-refractivity contribution is 5.85. The lowest BCUT2D eigenvalue weighted by atomic mass is 9.93. The minimum absolute atomic E-state index is 0. The standard InChI is InChI=1S/C16H25N3O2.ClH/c1-13-15(4-3-5-16(13)19(20)21)12-18-10-7-14(8-11-18)6-9-17-2;/h3-5,14,17H,6-12H2,1-2H3;1H. The largest absolute Gasteiger partial charge is 0.320 e. The first-order chi connectivity index (χ1) is 10.1. The Morgan fingerprint density at radius 1 is 1.36 bits per heavy atom. The Labute approximate surface area is 138 Å². The molecule has 1 fully saturated rings. The number of piperidine rings is 1. The first kappa shape index (κ1) is 18.9. The van der Waals surface area contributed by atoms with Crippen LogP contribution in [0.2, 0.25) is 0 Å². The second-order valence-corrected chi connectivity index (χ2v) is 5.93. The summed E-state index contributed by atoms with van der Waals surface area (Å²) in [4.78, 5) is 13.1. The fourth-order valence-corrected chi connectivity index (χ4v) is 3.06. The van der Waals surface area contributed by atoms with Crippen molar-refractivity contribution < 1.29 is 4.92 Å². The lowest BCUT2D eigenvalue weighted by molar-refractivity contribution is -0.385. The van der Waals surface area contributed by atoms with Crippen LogP contribution < -0.4 is 5.32 Å². The smallest absolute Gasteiger partial charge is 0.272 e. The molecule has 0 saturated carbocycles. The van der Waals surface area contributed by atoms with Crippen molar-refractivity contribution in [2.45, 2.75) is 32.7 Å². The summed E-state index contributed by atoms with van der Waals surface area (Å²) in [6.45, 7) is 5.96. The topological polar surface area (TPSA) is 58.4 Å². The molecular weight excluding hydrogens is 302 g/mol. The van der Waals surface area contributed by atoms with E-state index in [1.807, 2.05) is 20.0 Å². The number of hydrogen-bond donors (Lipinski definition) is 1. The minimum atomic E-state index is -0.289. The highest BCUT2D eigenvalue weighted by Crippen LogP contribution is 2.25. The Bertz CT molecular complexity index is 488. The Morgan fingerprint density at radius 2 is 2.05 bits per heavy atom. The molecule has 2 rings (SSSR count). The fraction of sp³-hybridized carbons (Fsp3) is 0.625. The maximum atomic E-state index is 11.0. The maximum Gasteiger partial charge on any atom is 0.272 e. The lowest BCUT2D eigenvalue weighted by Crippen LogP contribution is -2.34. The van der Waals surface area contributed by atoms with Crippen molar-refractivity contribution in [2.24, 2.45) is 5.92 Å². The van der Waals surface area contributed by atoms with Crippen LogP contribution in [0.1, 0.15) is 30.4 Å². The Hall–Kier alpha value is -1.17. The van der Waals surface area contributed by atoms with Crippen LogP contribution in [0.5, 0.6) is 0 Å². The molecule has 124 valence electrons. The molecule has 1 aromatic carbocycles. The fourth-order valence-electron chi connectivity index (χ4n) is 3.06. The summed E-state index contributed by atoms with van der Waals surface area (Å²) in [6.07, 6.45) is 3.71. The highest BCUT2D eigenvalue weighted by atomic mass is 35.5. The quantitative estimate of drug-likeness (QED) is 0.644. The number of benzene rings is 1. The maximum absolute atomic E-state index is 11.0. The summed E-state index contributed by atoms with van der Waals surface area (Å²) < 4.78 is 0. The Morgan fingerprint density at radius 3 is 2.64 bits per heavy atom. The van der Waals surface area contributed by atoms with Gasteiger partial charge in [-0.25, -0.2) is 0 Å². The number of nitrogens with one attached hydrogen (secondary N) is 1. The van der Waals surface area contributed by atoms with E-state index in [1.165, 1.54) is 19.3 Å². The van der Waals surface area contributed by atoms with Gasteiger partial charge in [0.2, 0.25) is 0 Å². The Kier molecular flexibility index (Phi) is 7.79. The first-order valence-corrected chi connectivity index (χ1v) is 7.71. The van der Waals surface area contributed by atoms with Gasteiger partial charge < -0.3 is 5.32 Å². The average molecular weight is 328 g/mol. The van der Waals surface area contributed by atoms with Gasteiger partial charge in [-0.05, 0) is 64.3 Å². The van der Waals surface area contributed by atoms with Gasteiger partial charge in [0.25, 0.3) is 5.69 Å². The molecule has 1 aliphatic heterocycles. The molecule has 1 aromatic rings. The van der Waals surface area contributed by atoms with Crippen LogP contribution in [0.15, 0.2) is 18.2 Å². The number of halogens is 1. The molecule has 1 aliphatic rings. The van der Waals surface area contributed by atoms with Gasteiger partial charge in [-0.1, -0.05) is 12.1 Å². The van der Waals surface area contributed by atoms with Gasteiger partial charge in [-0.3, -0.25) is 15.0 Å². The number of hydrogen-bond acceptors (Lipinski definition) is 4. The summed E-state index contributed by atoms with van der Waals surface area (Å²) in [7, 11) is 2.00. The highest BCUT2D eigenvalue weighted by Gasteiger charge is 2.20. The van der Waals surface area contributed by atoms with Crippen molar-refractivity contribution >= 4 is 18.1 Å². The zero-order chi connectivity index (χ0) is 15.2. The van der Waals surface area contributed by atoms with E-state index in [9.17, 15) is 10.1 Å². The second kappa shape index (κ2) is 9.08. The van der Waals surface area contributed by atoms with Crippen LogP contribution in [-0.4, -0.2) is 36.5 Å². The van der Waals surface area contributed by atoms with Crippen LogP contribution >= 0.6 is 12.4 Å².